The van der Waals surface area contributed by atoms with Crippen LogP contribution in [0.25, 0.3) is 0 Å². The van der Waals surface area contributed by atoms with Crippen LogP contribution in [0.2, 0.25) is 0 Å². The van der Waals surface area contributed by atoms with Crippen molar-refractivity contribution < 1.29 is 0 Å². The number of rotatable bonds is 0. The number of fused-ring (bicyclic) bond motifs is 1. The van der Waals surface area contributed by atoms with Crippen molar-refractivity contribution in [2.75, 3.05) is 0 Å². The van der Waals surface area contributed by atoms with Crippen molar-refractivity contribution in [2.24, 2.45) is 4.40 Å². The van der Waals surface area contributed by atoms with Crippen molar-refractivity contribution in [3.8, 4) is 0 Å². The predicted octanol–water partition coefficient (Wildman–Crippen LogP) is 2.88. The van der Waals surface area contributed by atoms with Gasteiger partial charge in [0.2, 0.25) is 0 Å². The summed E-state index contributed by atoms with van der Waals surface area (Å²) in [7, 11) is 0. The summed E-state index contributed by atoms with van der Waals surface area (Å²) in [5, 5.41) is 0. The lowest BCUT2D eigenvalue weighted by atomic mass is 10.1. The second-order valence-electron chi connectivity index (χ2n) is 2.59. The van der Waals surface area contributed by atoms with E-state index in [2.05, 4.69) is 28.7 Å². The van der Waals surface area contributed by atoms with Gasteiger partial charge in [0.05, 0.1) is 0 Å². The van der Waals surface area contributed by atoms with E-state index >= 15 is 0 Å². The molecule has 1 aliphatic rings. The average Bonchev–Trinajstić information content (AvgIpc) is 2.06. The quantitative estimate of drug-likeness (QED) is 0.552. The highest BCUT2D eigenvalue weighted by atomic mass is 32.2. The molecule has 0 spiro atoms. The Labute approximate surface area is 76.3 Å². The second kappa shape index (κ2) is 3.59. The van der Waals surface area contributed by atoms with E-state index in [0.29, 0.717) is 0 Å². The van der Waals surface area contributed by atoms with E-state index in [1.54, 1.807) is 11.9 Å². The van der Waals surface area contributed by atoms with Gasteiger partial charge in [-0.2, -0.15) is 0 Å². The van der Waals surface area contributed by atoms with Crippen LogP contribution in [0.5, 0.6) is 0 Å². The van der Waals surface area contributed by atoms with Crippen LogP contribution in [0.1, 0.15) is 5.56 Å². The molecular weight excluding hydrogens is 166 g/mol. The zero-order valence-electron chi connectivity index (χ0n) is 6.60. The highest BCUT2D eigenvalue weighted by Gasteiger charge is 2.00. The smallest absolute Gasteiger partial charge is 0.0352 e. The lowest BCUT2D eigenvalue weighted by Crippen LogP contribution is -1.86. The molecule has 12 heavy (non-hydrogen) atoms. The molecule has 0 aliphatic carbocycles. The Morgan fingerprint density at radius 3 is 3.17 bits per heavy atom. The lowest BCUT2D eigenvalue weighted by Gasteiger charge is -2.04. The highest BCUT2D eigenvalue weighted by Crippen LogP contribution is 2.24. The Morgan fingerprint density at radius 2 is 2.17 bits per heavy atom. The number of benzene rings is 1. The highest BCUT2D eigenvalue weighted by molar-refractivity contribution is 7.98. The minimum Gasteiger partial charge on any atom is -0.219 e. The van der Waals surface area contributed by atoms with E-state index in [1.807, 2.05) is 18.4 Å². The normalized spacial score (nSPS) is 20.3. The Morgan fingerprint density at radius 1 is 1.25 bits per heavy atom. The molecule has 0 unspecified atom stereocenters. The van der Waals surface area contributed by atoms with Crippen molar-refractivity contribution in [3.63, 3.8) is 0 Å². The first kappa shape index (κ1) is 7.62. The number of hydrogen-bond acceptors (Lipinski definition) is 2. The monoisotopic (exact) mass is 175 g/mol. The molecule has 0 fully saturated rings. The van der Waals surface area contributed by atoms with Crippen molar-refractivity contribution in [1.82, 2.24) is 0 Å². The van der Waals surface area contributed by atoms with Gasteiger partial charge in [0, 0.05) is 23.1 Å². The molecule has 2 rings (SSSR count). The van der Waals surface area contributed by atoms with Crippen LogP contribution in [0.15, 0.2) is 45.7 Å². The fourth-order valence-corrected chi connectivity index (χ4v) is 1.79. The van der Waals surface area contributed by atoms with Gasteiger partial charge in [-0.15, -0.1) is 0 Å². The molecule has 1 aromatic carbocycles. The summed E-state index contributed by atoms with van der Waals surface area (Å²) >= 11 is 1.54. The predicted molar refractivity (Wildman–Crippen MR) is 53.6 cm³/mol. The molecule has 0 atom stereocenters. The van der Waals surface area contributed by atoms with Crippen LogP contribution in [-0.4, -0.2) is 6.21 Å². The summed E-state index contributed by atoms with van der Waals surface area (Å²) in [6.45, 7) is 0. The third-order valence-corrected chi connectivity index (χ3v) is 2.57. The van der Waals surface area contributed by atoms with Crippen LogP contribution >= 0.6 is 11.9 Å². The van der Waals surface area contributed by atoms with Crippen LogP contribution < -0.4 is 0 Å². The third kappa shape index (κ3) is 1.59. The van der Waals surface area contributed by atoms with Crippen LogP contribution in [0.4, 0.5) is 0 Å². The zero-order valence-corrected chi connectivity index (χ0v) is 7.42. The number of nitrogens with zero attached hydrogens (tertiary/aromatic N) is 1. The van der Waals surface area contributed by atoms with Gasteiger partial charge in [-0.3, -0.25) is 0 Å². The molecule has 0 saturated heterocycles. The molecular formula is C10H9NS. The molecule has 0 saturated carbocycles. The van der Waals surface area contributed by atoms with Crippen molar-refractivity contribution >= 4 is 18.2 Å². The fraction of sp³-hybridized carbons (Fsp3) is 0.100. The molecule has 0 radical (unpaired) electrons. The average molecular weight is 175 g/mol. The summed E-state index contributed by atoms with van der Waals surface area (Å²) in [6.07, 6.45) is 6.96. The van der Waals surface area contributed by atoms with E-state index in [-0.39, 0.29) is 0 Å². The van der Waals surface area contributed by atoms with Crippen molar-refractivity contribution in [3.05, 3.63) is 42.0 Å². The molecule has 0 N–H and O–H groups in total. The first-order valence-corrected chi connectivity index (χ1v) is 4.67. The first-order chi connectivity index (χ1) is 5.97. The number of hydrogen-bond donors (Lipinski definition) is 0. The third-order valence-electron chi connectivity index (χ3n) is 1.74. The van der Waals surface area contributed by atoms with E-state index < -0.39 is 0 Å². The second-order valence-corrected chi connectivity index (χ2v) is 3.42. The summed E-state index contributed by atoms with van der Waals surface area (Å²) in [6, 6.07) is 8.37. The molecule has 1 nitrogen and oxygen atoms in total. The van der Waals surface area contributed by atoms with Gasteiger partial charge in [0.25, 0.3) is 0 Å². The zero-order chi connectivity index (χ0) is 8.23. The molecule has 1 aromatic rings. The molecule has 0 aromatic heterocycles. The number of allylic oxidation sites excluding steroid dienone is 2. The van der Waals surface area contributed by atoms with Gasteiger partial charge in [0.1, 0.15) is 0 Å². The van der Waals surface area contributed by atoms with Crippen LogP contribution in [-0.2, 0) is 6.42 Å². The van der Waals surface area contributed by atoms with E-state index in [9.17, 15) is 0 Å². The topological polar surface area (TPSA) is 12.4 Å². The SMILES string of the molecule is C1=C\Cc2ccccc2S\N=C/1. The summed E-state index contributed by atoms with van der Waals surface area (Å²) in [4.78, 5) is 1.26. The Bertz CT molecular complexity index is 295. The summed E-state index contributed by atoms with van der Waals surface area (Å²) in [5.74, 6) is 0. The summed E-state index contributed by atoms with van der Waals surface area (Å²) in [5.41, 5.74) is 1.36. The standard InChI is InChI=1S/C10H9NS/c1-2-7-10-9(5-1)6-3-4-8-11-12-10/h1-5,7-8H,6H2/b4-3-,11-8-. The van der Waals surface area contributed by atoms with Gasteiger partial charge in [0.15, 0.2) is 0 Å². The minimum absolute atomic E-state index is 1.01. The maximum atomic E-state index is 4.18. The van der Waals surface area contributed by atoms with Crippen molar-refractivity contribution in [1.29, 1.82) is 0 Å². The molecule has 2 heteroatoms. The van der Waals surface area contributed by atoms with Gasteiger partial charge in [-0.05, 0) is 24.1 Å². The van der Waals surface area contributed by atoms with E-state index in [1.165, 1.54) is 10.5 Å². The lowest BCUT2D eigenvalue weighted by molar-refractivity contribution is 1.18. The van der Waals surface area contributed by atoms with Gasteiger partial charge in [-0.1, -0.05) is 24.3 Å². The van der Waals surface area contributed by atoms with Crippen LogP contribution in [0, 0.1) is 0 Å². The molecule has 0 amide bonds. The van der Waals surface area contributed by atoms with E-state index in [4.69, 9.17) is 0 Å². The maximum absolute atomic E-state index is 4.18. The van der Waals surface area contributed by atoms with E-state index in [0.717, 1.165) is 6.42 Å². The van der Waals surface area contributed by atoms with Crippen LogP contribution in [0.3, 0.4) is 0 Å². The Balaban J connectivity index is 2.40. The largest absolute Gasteiger partial charge is 0.219 e. The summed E-state index contributed by atoms with van der Waals surface area (Å²) < 4.78 is 4.18. The fourth-order valence-electron chi connectivity index (χ4n) is 1.14. The maximum Gasteiger partial charge on any atom is 0.0352 e. The van der Waals surface area contributed by atoms with Gasteiger partial charge < -0.3 is 0 Å². The minimum atomic E-state index is 1.01. The molecule has 60 valence electrons. The van der Waals surface area contributed by atoms with Crippen molar-refractivity contribution in [2.45, 2.75) is 11.3 Å². The molecule has 1 aliphatic heterocycles. The van der Waals surface area contributed by atoms with Gasteiger partial charge >= 0.3 is 0 Å². The Kier molecular flexibility index (Phi) is 2.28. The Hall–Kier alpha value is -1.02. The first-order valence-electron chi connectivity index (χ1n) is 3.90. The molecule has 1 heterocycles. The molecule has 0 bridgehead atoms. The van der Waals surface area contributed by atoms with Gasteiger partial charge in [-0.25, -0.2) is 4.40 Å².